The fourth-order valence-electron chi connectivity index (χ4n) is 3.16. The van der Waals surface area contributed by atoms with Crippen LogP contribution in [0.4, 0.5) is 0 Å². The van der Waals surface area contributed by atoms with Crippen LogP contribution in [-0.2, 0) is 6.54 Å². The van der Waals surface area contributed by atoms with Crippen LogP contribution in [0.25, 0.3) is 0 Å². The molecule has 0 fully saturated rings. The Morgan fingerprint density at radius 3 is 2.77 bits per heavy atom. The molecule has 7 heteroatoms. The maximum absolute atomic E-state index is 5.38. The standard InChI is InChI=1S/C19H24N4O2S/c1-12(2)23-13(3)7-16(14(23)4)10-21-22-19(26)20-9-15-5-6-17-18(8-15)25-11-24-17/h5-8,10,12H,9,11H2,1-4H3,(H2,20,22,26)/b21-10-. The van der Waals surface area contributed by atoms with Crippen LogP contribution in [0, 0.1) is 13.8 Å². The molecule has 138 valence electrons. The highest BCUT2D eigenvalue weighted by atomic mass is 32.1. The fraction of sp³-hybridized carbons (Fsp3) is 0.368. The number of aryl methyl sites for hydroxylation is 1. The van der Waals surface area contributed by atoms with Crippen LogP contribution in [-0.4, -0.2) is 22.7 Å². The summed E-state index contributed by atoms with van der Waals surface area (Å²) in [6.45, 7) is 9.42. The van der Waals surface area contributed by atoms with Gasteiger partial charge in [0.25, 0.3) is 0 Å². The summed E-state index contributed by atoms with van der Waals surface area (Å²) in [4.78, 5) is 0. The minimum atomic E-state index is 0.276. The molecule has 0 aliphatic carbocycles. The first kappa shape index (κ1) is 18.3. The van der Waals surface area contributed by atoms with Gasteiger partial charge in [-0.05, 0) is 63.7 Å². The van der Waals surface area contributed by atoms with Crippen LogP contribution in [0.2, 0.25) is 0 Å². The Balaban J connectivity index is 1.53. The van der Waals surface area contributed by atoms with E-state index in [2.05, 4.69) is 54.2 Å². The van der Waals surface area contributed by atoms with Gasteiger partial charge in [-0.15, -0.1) is 0 Å². The van der Waals surface area contributed by atoms with Crippen LogP contribution >= 0.6 is 12.2 Å². The summed E-state index contributed by atoms with van der Waals surface area (Å²) in [6, 6.07) is 8.38. The topological polar surface area (TPSA) is 59.8 Å². The van der Waals surface area contributed by atoms with Crippen molar-refractivity contribution in [2.75, 3.05) is 6.79 Å². The minimum Gasteiger partial charge on any atom is -0.454 e. The molecule has 1 aliphatic rings. The van der Waals surface area contributed by atoms with Crippen molar-refractivity contribution in [2.45, 2.75) is 40.3 Å². The van der Waals surface area contributed by atoms with Gasteiger partial charge in [0.2, 0.25) is 6.79 Å². The van der Waals surface area contributed by atoms with Crippen LogP contribution in [0.15, 0.2) is 29.4 Å². The van der Waals surface area contributed by atoms with Gasteiger partial charge in [-0.2, -0.15) is 5.10 Å². The zero-order valence-corrected chi connectivity index (χ0v) is 16.3. The molecule has 2 heterocycles. The lowest BCUT2D eigenvalue weighted by Crippen LogP contribution is -2.31. The van der Waals surface area contributed by atoms with Crippen LogP contribution < -0.4 is 20.2 Å². The second-order valence-electron chi connectivity index (χ2n) is 6.53. The molecule has 1 aromatic heterocycles. The van der Waals surface area contributed by atoms with Gasteiger partial charge in [-0.3, -0.25) is 5.43 Å². The molecule has 2 N–H and O–H groups in total. The minimum absolute atomic E-state index is 0.276. The normalized spacial score (nSPS) is 12.8. The molecule has 0 atom stereocenters. The lowest BCUT2D eigenvalue weighted by atomic mass is 10.2. The summed E-state index contributed by atoms with van der Waals surface area (Å²) in [5.74, 6) is 1.54. The summed E-state index contributed by atoms with van der Waals surface area (Å²) in [6.07, 6.45) is 1.80. The van der Waals surface area contributed by atoms with E-state index in [1.807, 2.05) is 18.2 Å². The van der Waals surface area contributed by atoms with Crippen molar-refractivity contribution >= 4 is 23.5 Å². The smallest absolute Gasteiger partial charge is 0.231 e. The number of ether oxygens (including phenoxy) is 2. The molecule has 0 unspecified atom stereocenters. The molecular weight excluding hydrogens is 348 g/mol. The van der Waals surface area contributed by atoms with Crippen molar-refractivity contribution < 1.29 is 9.47 Å². The number of hydrazone groups is 1. The van der Waals surface area contributed by atoms with Gasteiger partial charge in [-0.25, -0.2) is 0 Å². The zero-order chi connectivity index (χ0) is 18.7. The number of aromatic nitrogens is 1. The van der Waals surface area contributed by atoms with Crippen molar-refractivity contribution in [1.82, 2.24) is 15.3 Å². The summed E-state index contributed by atoms with van der Waals surface area (Å²) in [5.41, 5.74) is 7.43. The van der Waals surface area contributed by atoms with E-state index in [4.69, 9.17) is 21.7 Å². The van der Waals surface area contributed by atoms with Crippen LogP contribution in [0.3, 0.4) is 0 Å². The predicted molar refractivity (Wildman–Crippen MR) is 107 cm³/mol. The third-order valence-electron chi connectivity index (χ3n) is 4.30. The molecule has 3 rings (SSSR count). The lowest BCUT2D eigenvalue weighted by molar-refractivity contribution is 0.174. The molecule has 6 nitrogen and oxygen atoms in total. The molecular formula is C19H24N4O2S. The number of fused-ring (bicyclic) bond motifs is 1. The van der Waals surface area contributed by atoms with Crippen molar-refractivity contribution in [2.24, 2.45) is 5.10 Å². The van der Waals surface area contributed by atoms with E-state index in [0.29, 0.717) is 17.7 Å². The van der Waals surface area contributed by atoms with E-state index in [0.717, 1.165) is 22.6 Å². The van der Waals surface area contributed by atoms with E-state index in [1.54, 1.807) is 6.21 Å². The number of hydrogen-bond donors (Lipinski definition) is 2. The average Bonchev–Trinajstić information content (AvgIpc) is 3.16. The Labute approximate surface area is 159 Å². The Morgan fingerprint density at radius 2 is 2.04 bits per heavy atom. The van der Waals surface area contributed by atoms with Crippen molar-refractivity contribution in [1.29, 1.82) is 0 Å². The van der Waals surface area contributed by atoms with Gasteiger partial charge in [0.15, 0.2) is 16.6 Å². The molecule has 0 bridgehead atoms. The summed E-state index contributed by atoms with van der Waals surface area (Å²) in [5, 5.41) is 7.85. The Morgan fingerprint density at radius 1 is 1.27 bits per heavy atom. The molecule has 0 saturated heterocycles. The van der Waals surface area contributed by atoms with Gasteiger partial charge in [-0.1, -0.05) is 6.07 Å². The number of nitrogens with one attached hydrogen (secondary N) is 2. The van der Waals surface area contributed by atoms with Crippen molar-refractivity contribution in [3.63, 3.8) is 0 Å². The summed E-state index contributed by atoms with van der Waals surface area (Å²) < 4.78 is 13.0. The zero-order valence-electron chi connectivity index (χ0n) is 15.5. The number of thiocarbonyl (C=S) groups is 1. The van der Waals surface area contributed by atoms with Gasteiger partial charge in [0.1, 0.15) is 0 Å². The first-order chi connectivity index (χ1) is 12.5. The molecule has 0 radical (unpaired) electrons. The maximum Gasteiger partial charge on any atom is 0.231 e. The van der Waals surface area contributed by atoms with Crippen molar-refractivity contribution in [3.8, 4) is 11.5 Å². The largest absolute Gasteiger partial charge is 0.454 e. The van der Waals surface area contributed by atoms with Crippen LogP contribution in [0.1, 0.15) is 42.4 Å². The number of rotatable bonds is 5. The average molecular weight is 372 g/mol. The number of nitrogens with zero attached hydrogens (tertiary/aromatic N) is 2. The van der Waals surface area contributed by atoms with Crippen molar-refractivity contribution in [3.05, 3.63) is 46.8 Å². The van der Waals surface area contributed by atoms with Gasteiger partial charge >= 0.3 is 0 Å². The maximum atomic E-state index is 5.38. The molecule has 0 amide bonds. The summed E-state index contributed by atoms with van der Waals surface area (Å²) >= 11 is 5.28. The van der Waals surface area contributed by atoms with Gasteiger partial charge < -0.3 is 19.4 Å². The molecule has 26 heavy (non-hydrogen) atoms. The van der Waals surface area contributed by atoms with E-state index in [-0.39, 0.29) is 6.79 Å². The molecule has 2 aromatic rings. The van der Waals surface area contributed by atoms with E-state index >= 15 is 0 Å². The number of hydrogen-bond acceptors (Lipinski definition) is 4. The predicted octanol–water partition coefficient (Wildman–Crippen LogP) is 3.41. The lowest BCUT2D eigenvalue weighted by Gasteiger charge is -2.13. The first-order valence-corrected chi connectivity index (χ1v) is 9.00. The molecule has 1 aliphatic heterocycles. The van der Waals surface area contributed by atoms with Gasteiger partial charge in [0, 0.05) is 29.5 Å². The SMILES string of the molecule is Cc1cc(/C=N\NC(=S)NCc2ccc3c(c2)OCO3)c(C)n1C(C)C. The highest BCUT2D eigenvalue weighted by molar-refractivity contribution is 7.80. The fourth-order valence-corrected chi connectivity index (χ4v) is 3.29. The quantitative estimate of drug-likeness (QED) is 0.478. The Kier molecular flexibility index (Phi) is 5.46. The monoisotopic (exact) mass is 372 g/mol. The first-order valence-electron chi connectivity index (χ1n) is 8.59. The third kappa shape index (κ3) is 3.99. The Bertz CT molecular complexity index is 842. The molecule has 1 aromatic carbocycles. The third-order valence-corrected chi connectivity index (χ3v) is 4.54. The highest BCUT2D eigenvalue weighted by Gasteiger charge is 2.13. The molecule has 0 spiro atoms. The van der Waals surface area contributed by atoms with E-state index in [9.17, 15) is 0 Å². The highest BCUT2D eigenvalue weighted by Crippen LogP contribution is 2.32. The summed E-state index contributed by atoms with van der Waals surface area (Å²) in [7, 11) is 0. The van der Waals surface area contributed by atoms with Crippen LogP contribution in [0.5, 0.6) is 11.5 Å². The number of benzene rings is 1. The second-order valence-corrected chi connectivity index (χ2v) is 6.94. The molecule has 0 saturated carbocycles. The van der Waals surface area contributed by atoms with E-state index in [1.165, 1.54) is 11.4 Å². The van der Waals surface area contributed by atoms with E-state index < -0.39 is 0 Å². The van der Waals surface area contributed by atoms with Gasteiger partial charge in [0.05, 0.1) is 6.21 Å². The Hall–Kier alpha value is -2.54. The second kappa shape index (κ2) is 7.78.